The van der Waals surface area contributed by atoms with Crippen molar-refractivity contribution in [2.45, 2.75) is 32.6 Å². The van der Waals surface area contributed by atoms with E-state index >= 15 is 0 Å². The second-order valence-corrected chi connectivity index (χ2v) is 3.81. The maximum Gasteiger partial charge on any atom is 0.0340 e. The number of hydrogen-bond donors (Lipinski definition) is 1. The molecule has 0 radical (unpaired) electrons. The van der Waals surface area contributed by atoms with Crippen molar-refractivity contribution < 1.29 is 0 Å². The summed E-state index contributed by atoms with van der Waals surface area (Å²) in [6, 6.07) is 8.39. The van der Waals surface area contributed by atoms with E-state index in [0.717, 1.165) is 6.54 Å². The number of unbranched alkanes of at least 4 members (excludes halogenated alkanes) is 3. The van der Waals surface area contributed by atoms with Crippen molar-refractivity contribution >= 4 is 11.8 Å². The van der Waals surface area contributed by atoms with E-state index in [1.807, 2.05) is 6.08 Å². The summed E-state index contributed by atoms with van der Waals surface area (Å²) in [5.74, 6) is 0. The zero-order valence-corrected chi connectivity index (χ0v) is 9.63. The topological polar surface area (TPSA) is 12.0 Å². The summed E-state index contributed by atoms with van der Waals surface area (Å²) < 4.78 is 0. The lowest BCUT2D eigenvalue weighted by atomic mass is 10.2. The van der Waals surface area contributed by atoms with Gasteiger partial charge in [-0.3, -0.25) is 0 Å². The molecule has 15 heavy (non-hydrogen) atoms. The summed E-state index contributed by atoms with van der Waals surface area (Å²) in [5.41, 5.74) is 2.38. The highest BCUT2D eigenvalue weighted by Gasteiger charge is 1.91. The highest BCUT2D eigenvalue weighted by Crippen LogP contribution is 2.10. The Labute approximate surface area is 93.2 Å². The molecule has 0 unspecified atom stereocenters. The van der Waals surface area contributed by atoms with Crippen LogP contribution < -0.4 is 5.32 Å². The van der Waals surface area contributed by atoms with Gasteiger partial charge in [0.05, 0.1) is 0 Å². The summed E-state index contributed by atoms with van der Waals surface area (Å²) in [5, 5.41) is 3.42. The normalized spacial score (nSPS) is 9.93. The number of rotatable bonds is 7. The van der Waals surface area contributed by atoms with E-state index in [9.17, 15) is 0 Å². The van der Waals surface area contributed by atoms with E-state index in [1.165, 1.54) is 36.9 Å². The first kappa shape index (κ1) is 11.8. The van der Waals surface area contributed by atoms with Crippen LogP contribution in [0.2, 0.25) is 0 Å². The summed E-state index contributed by atoms with van der Waals surface area (Å²) in [6.45, 7) is 7.05. The fraction of sp³-hybridized carbons (Fsp3) is 0.429. The van der Waals surface area contributed by atoms with Crippen molar-refractivity contribution in [2.75, 3.05) is 11.9 Å². The fourth-order valence-corrected chi connectivity index (χ4v) is 1.52. The fourth-order valence-electron chi connectivity index (χ4n) is 1.52. The minimum Gasteiger partial charge on any atom is -0.385 e. The second kappa shape index (κ2) is 7.10. The van der Waals surface area contributed by atoms with E-state index in [2.05, 4.69) is 43.1 Å². The van der Waals surface area contributed by atoms with Gasteiger partial charge in [0.25, 0.3) is 0 Å². The Hall–Kier alpha value is -1.24. The van der Waals surface area contributed by atoms with Gasteiger partial charge in [0.1, 0.15) is 0 Å². The summed E-state index contributed by atoms with van der Waals surface area (Å²) >= 11 is 0. The van der Waals surface area contributed by atoms with E-state index in [4.69, 9.17) is 0 Å². The average Bonchev–Trinajstić information content (AvgIpc) is 2.30. The van der Waals surface area contributed by atoms with E-state index in [1.54, 1.807) is 0 Å². The first-order chi connectivity index (χ1) is 7.36. The maximum absolute atomic E-state index is 3.74. The van der Waals surface area contributed by atoms with E-state index in [-0.39, 0.29) is 0 Å². The second-order valence-electron chi connectivity index (χ2n) is 3.81. The molecule has 1 N–H and O–H groups in total. The quantitative estimate of drug-likeness (QED) is 0.651. The van der Waals surface area contributed by atoms with Gasteiger partial charge in [0, 0.05) is 12.2 Å². The number of anilines is 1. The van der Waals surface area contributed by atoms with Gasteiger partial charge in [-0.2, -0.15) is 0 Å². The molecule has 1 aromatic carbocycles. The molecular formula is C14H21N. The van der Waals surface area contributed by atoms with Crippen LogP contribution in [0.15, 0.2) is 30.8 Å². The maximum atomic E-state index is 3.74. The van der Waals surface area contributed by atoms with E-state index < -0.39 is 0 Å². The van der Waals surface area contributed by atoms with Crippen molar-refractivity contribution in [3.8, 4) is 0 Å². The molecule has 1 heteroatoms. The van der Waals surface area contributed by atoms with Crippen molar-refractivity contribution in [3.05, 3.63) is 36.4 Å². The third kappa shape index (κ3) is 4.68. The highest BCUT2D eigenvalue weighted by atomic mass is 14.9. The summed E-state index contributed by atoms with van der Waals surface area (Å²) in [4.78, 5) is 0. The molecule has 0 atom stereocenters. The lowest BCUT2D eigenvalue weighted by Gasteiger charge is -2.06. The van der Waals surface area contributed by atoms with Crippen molar-refractivity contribution in [1.82, 2.24) is 0 Å². The molecule has 0 heterocycles. The molecule has 1 nitrogen and oxygen atoms in total. The SMILES string of the molecule is C=Cc1ccc(NCCCCCC)cc1. The third-order valence-corrected chi connectivity index (χ3v) is 2.51. The predicted octanol–water partition coefficient (Wildman–Crippen LogP) is 4.32. The number of benzene rings is 1. The van der Waals surface area contributed by atoms with Gasteiger partial charge in [-0.15, -0.1) is 0 Å². The van der Waals surface area contributed by atoms with E-state index in [0.29, 0.717) is 0 Å². The lowest BCUT2D eigenvalue weighted by Crippen LogP contribution is -2.00. The molecule has 0 saturated carbocycles. The van der Waals surface area contributed by atoms with Crippen molar-refractivity contribution in [1.29, 1.82) is 0 Å². The predicted molar refractivity (Wildman–Crippen MR) is 69.2 cm³/mol. The Morgan fingerprint density at radius 3 is 2.47 bits per heavy atom. The zero-order chi connectivity index (χ0) is 10.9. The smallest absolute Gasteiger partial charge is 0.0340 e. The molecule has 0 amide bonds. The molecule has 0 aliphatic rings. The van der Waals surface area contributed by atoms with Crippen molar-refractivity contribution in [2.24, 2.45) is 0 Å². The van der Waals surface area contributed by atoms with Crippen LogP contribution in [0.5, 0.6) is 0 Å². The van der Waals surface area contributed by atoms with Gasteiger partial charge in [-0.05, 0) is 24.1 Å². The zero-order valence-electron chi connectivity index (χ0n) is 9.63. The molecule has 1 aromatic rings. The van der Waals surface area contributed by atoms with Crippen LogP contribution in [0, 0.1) is 0 Å². The summed E-state index contributed by atoms with van der Waals surface area (Å²) in [6.07, 6.45) is 7.10. The van der Waals surface area contributed by atoms with Crippen LogP contribution in [0.4, 0.5) is 5.69 Å². The average molecular weight is 203 g/mol. The molecule has 0 spiro atoms. The molecule has 0 aliphatic carbocycles. The minimum absolute atomic E-state index is 1.08. The van der Waals surface area contributed by atoms with Crippen LogP contribution >= 0.6 is 0 Å². The van der Waals surface area contributed by atoms with Gasteiger partial charge < -0.3 is 5.32 Å². The van der Waals surface area contributed by atoms with Gasteiger partial charge in [-0.1, -0.05) is 51.0 Å². The monoisotopic (exact) mass is 203 g/mol. The standard InChI is InChI=1S/C14H21N/c1-3-5-6-7-12-15-14-10-8-13(4-2)9-11-14/h4,8-11,15H,2-3,5-7,12H2,1H3. The van der Waals surface area contributed by atoms with Gasteiger partial charge in [-0.25, -0.2) is 0 Å². The first-order valence-corrected chi connectivity index (χ1v) is 5.83. The molecule has 82 valence electrons. The Morgan fingerprint density at radius 2 is 1.87 bits per heavy atom. The molecular weight excluding hydrogens is 182 g/mol. The first-order valence-electron chi connectivity index (χ1n) is 5.83. The molecule has 0 saturated heterocycles. The Balaban J connectivity index is 2.22. The van der Waals surface area contributed by atoms with Gasteiger partial charge >= 0.3 is 0 Å². The molecule has 0 aromatic heterocycles. The van der Waals surface area contributed by atoms with Crippen LogP contribution in [0.25, 0.3) is 6.08 Å². The Bertz CT molecular complexity index is 274. The third-order valence-electron chi connectivity index (χ3n) is 2.51. The minimum atomic E-state index is 1.08. The van der Waals surface area contributed by atoms with Crippen LogP contribution in [-0.4, -0.2) is 6.54 Å². The van der Waals surface area contributed by atoms with Gasteiger partial charge in [0.15, 0.2) is 0 Å². The number of nitrogens with one attached hydrogen (secondary N) is 1. The van der Waals surface area contributed by atoms with Crippen LogP contribution in [0.1, 0.15) is 38.2 Å². The number of hydrogen-bond acceptors (Lipinski definition) is 1. The van der Waals surface area contributed by atoms with Crippen LogP contribution in [0.3, 0.4) is 0 Å². The summed E-state index contributed by atoms with van der Waals surface area (Å²) in [7, 11) is 0. The lowest BCUT2D eigenvalue weighted by molar-refractivity contribution is 0.685. The Kier molecular flexibility index (Phi) is 5.60. The van der Waals surface area contributed by atoms with Gasteiger partial charge in [0.2, 0.25) is 0 Å². The largest absolute Gasteiger partial charge is 0.385 e. The van der Waals surface area contributed by atoms with Crippen LogP contribution in [-0.2, 0) is 0 Å². The Morgan fingerprint density at radius 1 is 1.13 bits per heavy atom. The highest BCUT2D eigenvalue weighted by molar-refractivity contribution is 5.53. The molecule has 0 aliphatic heterocycles. The van der Waals surface area contributed by atoms with Crippen molar-refractivity contribution in [3.63, 3.8) is 0 Å². The molecule has 0 fully saturated rings. The molecule has 0 bridgehead atoms. The molecule has 1 rings (SSSR count).